The van der Waals surface area contributed by atoms with Gasteiger partial charge in [0.05, 0.1) is 8.95 Å². The zero-order valence-corrected chi connectivity index (χ0v) is 8.58. The largest absolute Gasteiger partial charge is 0.503 e. The van der Waals surface area contributed by atoms with Gasteiger partial charge in [-0.2, -0.15) is 4.39 Å². The first kappa shape index (κ1) is 9.73. The lowest BCUT2D eigenvalue weighted by Gasteiger charge is -2.04. The zero-order valence-electron chi connectivity index (χ0n) is 5.41. The highest BCUT2D eigenvalue weighted by Crippen LogP contribution is 2.42. The zero-order chi connectivity index (χ0) is 9.46. The molecule has 2 N–H and O–H groups in total. The third kappa shape index (κ3) is 1.29. The number of halogens is 4. The highest BCUT2D eigenvalue weighted by molar-refractivity contribution is 9.13. The Kier molecular flexibility index (Phi) is 2.58. The molecule has 0 atom stereocenters. The average molecular weight is 304 g/mol. The van der Waals surface area contributed by atoms with E-state index in [1.54, 1.807) is 0 Å². The highest BCUT2D eigenvalue weighted by Gasteiger charge is 2.20. The van der Waals surface area contributed by atoms with Crippen LogP contribution < -0.4 is 0 Å². The first-order chi connectivity index (χ1) is 5.46. The average Bonchev–Trinajstić information content (AvgIpc) is 2.08. The third-order valence-electron chi connectivity index (χ3n) is 1.22. The Hall–Kier alpha value is -0.360. The minimum atomic E-state index is -1.48. The quantitative estimate of drug-likeness (QED) is 0.439. The van der Waals surface area contributed by atoms with Crippen LogP contribution in [0.25, 0.3) is 0 Å². The van der Waals surface area contributed by atoms with Crippen molar-refractivity contribution in [1.29, 1.82) is 0 Å². The number of benzene rings is 1. The van der Waals surface area contributed by atoms with Crippen LogP contribution in [0.1, 0.15) is 0 Å². The fourth-order valence-corrected chi connectivity index (χ4v) is 1.33. The topological polar surface area (TPSA) is 40.5 Å². The van der Waals surface area contributed by atoms with E-state index in [1.165, 1.54) is 0 Å². The highest BCUT2D eigenvalue weighted by atomic mass is 79.9. The van der Waals surface area contributed by atoms with Crippen LogP contribution in [0.4, 0.5) is 8.78 Å². The molecule has 0 aliphatic carbocycles. The maximum Gasteiger partial charge on any atom is 0.205 e. The van der Waals surface area contributed by atoms with Gasteiger partial charge in [-0.1, -0.05) is 0 Å². The predicted octanol–water partition coefficient (Wildman–Crippen LogP) is 2.90. The third-order valence-corrected chi connectivity index (χ3v) is 3.27. The second-order valence-corrected chi connectivity index (χ2v) is 3.54. The van der Waals surface area contributed by atoms with Crippen molar-refractivity contribution >= 4 is 31.9 Å². The van der Waals surface area contributed by atoms with Crippen molar-refractivity contribution in [3.8, 4) is 11.5 Å². The van der Waals surface area contributed by atoms with E-state index in [1.807, 2.05) is 0 Å². The van der Waals surface area contributed by atoms with Crippen LogP contribution in [0.5, 0.6) is 11.5 Å². The standard InChI is InChI=1S/C6H2Br2F2O2/c7-1-2(8)5(11)6(12)4(10)3(1)9/h11-12H. The Labute approximate surface area is 83.1 Å². The molecule has 0 aliphatic rings. The van der Waals surface area contributed by atoms with Gasteiger partial charge in [-0.15, -0.1) is 0 Å². The van der Waals surface area contributed by atoms with E-state index in [0.29, 0.717) is 0 Å². The van der Waals surface area contributed by atoms with Crippen molar-refractivity contribution in [3.05, 3.63) is 20.6 Å². The lowest BCUT2D eigenvalue weighted by molar-refractivity contribution is 0.360. The summed E-state index contributed by atoms with van der Waals surface area (Å²) in [5.41, 5.74) is 0. The van der Waals surface area contributed by atoms with Crippen molar-refractivity contribution in [2.75, 3.05) is 0 Å². The Morgan fingerprint density at radius 1 is 0.833 bits per heavy atom. The number of phenolic OH excluding ortho intramolecular Hbond substituents is 2. The summed E-state index contributed by atoms with van der Waals surface area (Å²) in [4.78, 5) is 0. The normalized spacial score (nSPS) is 10.3. The van der Waals surface area contributed by atoms with Crippen LogP contribution in [0, 0.1) is 11.6 Å². The predicted molar refractivity (Wildman–Crippen MR) is 45.1 cm³/mol. The molecule has 0 heterocycles. The number of phenols is 2. The molecule has 0 unspecified atom stereocenters. The van der Waals surface area contributed by atoms with Crippen LogP contribution >= 0.6 is 31.9 Å². The molecule has 0 amide bonds. The van der Waals surface area contributed by atoms with E-state index in [0.717, 1.165) is 0 Å². The van der Waals surface area contributed by atoms with E-state index in [9.17, 15) is 8.78 Å². The smallest absolute Gasteiger partial charge is 0.205 e. The summed E-state index contributed by atoms with van der Waals surface area (Å²) in [6, 6.07) is 0. The summed E-state index contributed by atoms with van der Waals surface area (Å²) < 4.78 is 24.9. The summed E-state index contributed by atoms with van der Waals surface area (Å²) in [6.07, 6.45) is 0. The lowest BCUT2D eigenvalue weighted by atomic mass is 10.3. The fourth-order valence-electron chi connectivity index (χ4n) is 0.609. The first-order valence-corrected chi connectivity index (χ1v) is 4.29. The Morgan fingerprint density at radius 3 is 1.83 bits per heavy atom. The molecule has 0 bridgehead atoms. The van der Waals surface area contributed by atoms with Gasteiger partial charge in [-0.05, 0) is 31.9 Å². The number of hydrogen-bond donors (Lipinski definition) is 2. The van der Waals surface area contributed by atoms with Gasteiger partial charge in [0.1, 0.15) is 0 Å². The minimum absolute atomic E-state index is 0.126. The van der Waals surface area contributed by atoms with Gasteiger partial charge in [0.25, 0.3) is 0 Å². The number of hydrogen-bond acceptors (Lipinski definition) is 2. The Bertz CT molecular complexity index is 236. The molecule has 0 saturated carbocycles. The summed E-state index contributed by atoms with van der Waals surface area (Å²) in [6.45, 7) is 0. The molecule has 6 heteroatoms. The monoisotopic (exact) mass is 302 g/mol. The molecule has 0 aromatic heterocycles. The molecule has 0 spiro atoms. The van der Waals surface area contributed by atoms with Crippen molar-refractivity contribution in [3.63, 3.8) is 0 Å². The molecule has 1 aromatic rings. The van der Waals surface area contributed by atoms with E-state index in [-0.39, 0.29) is 8.95 Å². The van der Waals surface area contributed by atoms with Crippen molar-refractivity contribution in [2.24, 2.45) is 0 Å². The molecular weight excluding hydrogens is 302 g/mol. The SMILES string of the molecule is Oc1c(O)c(Br)c(Br)c(F)c1F. The summed E-state index contributed by atoms with van der Waals surface area (Å²) >= 11 is 5.43. The molecular formula is C6H2Br2F2O2. The van der Waals surface area contributed by atoms with Gasteiger partial charge in [0, 0.05) is 0 Å². The second-order valence-electron chi connectivity index (χ2n) is 1.95. The van der Waals surface area contributed by atoms with Gasteiger partial charge in [0.2, 0.25) is 5.82 Å². The molecule has 1 aromatic carbocycles. The van der Waals surface area contributed by atoms with Crippen molar-refractivity contribution in [2.45, 2.75) is 0 Å². The molecule has 12 heavy (non-hydrogen) atoms. The first-order valence-electron chi connectivity index (χ1n) is 2.70. The van der Waals surface area contributed by atoms with Gasteiger partial charge in [0.15, 0.2) is 17.3 Å². The molecule has 1 rings (SSSR count). The van der Waals surface area contributed by atoms with Crippen molar-refractivity contribution in [1.82, 2.24) is 0 Å². The maximum absolute atomic E-state index is 12.7. The molecule has 0 radical (unpaired) electrons. The van der Waals surface area contributed by atoms with Crippen molar-refractivity contribution < 1.29 is 19.0 Å². The lowest BCUT2D eigenvalue weighted by Crippen LogP contribution is -1.88. The van der Waals surface area contributed by atoms with Gasteiger partial charge >= 0.3 is 0 Å². The van der Waals surface area contributed by atoms with Crippen LogP contribution in [-0.2, 0) is 0 Å². The van der Waals surface area contributed by atoms with E-state index in [2.05, 4.69) is 31.9 Å². The van der Waals surface area contributed by atoms with Gasteiger partial charge in [-0.3, -0.25) is 0 Å². The van der Waals surface area contributed by atoms with E-state index >= 15 is 0 Å². The number of rotatable bonds is 0. The van der Waals surface area contributed by atoms with E-state index in [4.69, 9.17) is 10.2 Å². The van der Waals surface area contributed by atoms with Crippen LogP contribution in [0.2, 0.25) is 0 Å². The summed E-state index contributed by atoms with van der Waals surface area (Å²) in [7, 11) is 0. The minimum Gasteiger partial charge on any atom is -0.503 e. The van der Waals surface area contributed by atoms with Gasteiger partial charge < -0.3 is 10.2 Å². The molecule has 2 nitrogen and oxygen atoms in total. The second kappa shape index (κ2) is 3.18. The Morgan fingerprint density at radius 2 is 1.33 bits per heavy atom. The van der Waals surface area contributed by atoms with Crippen LogP contribution in [0.3, 0.4) is 0 Å². The van der Waals surface area contributed by atoms with E-state index < -0.39 is 23.1 Å². The molecule has 0 saturated heterocycles. The van der Waals surface area contributed by atoms with Gasteiger partial charge in [-0.25, -0.2) is 4.39 Å². The molecule has 0 aliphatic heterocycles. The van der Waals surface area contributed by atoms with Crippen LogP contribution in [0.15, 0.2) is 8.95 Å². The molecule has 66 valence electrons. The van der Waals surface area contributed by atoms with Crippen LogP contribution in [-0.4, -0.2) is 10.2 Å². The fraction of sp³-hybridized carbons (Fsp3) is 0. The maximum atomic E-state index is 12.7. The number of aromatic hydroxyl groups is 2. The summed E-state index contributed by atoms with van der Waals surface area (Å²) in [5, 5.41) is 17.7. The molecule has 0 fully saturated rings. The Balaban J connectivity index is 3.60. The summed E-state index contributed by atoms with van der Waals surface area (Å²) in [5.74, 6) is -4.58.